The molecular formula is C34H38FN3O3S. The highest BCUT2D eigenvalue weighted by atomic mass is 32.2. The molecule has 0 spiro atoms. The van der Waals surface area contributed by atoms with Crippen molar-refractivity contribution < 1.29 is 17.5 Å². The number of benzene rings is 3. The average Bonchev–Trinajstić information content (AvgIpc) is 2.97. The van der Waals surface area contributed by atoms with Crippen molar-refractivity contribution in [2.75, 3.05) is 24.4 Å². The second-order valence-electron chi connectivity index (χ2n) is 11.8. The molecule has 3 aromatic carbocycles. The van der Waals surface area contributed by atoms with Crippen LogP contribution in [0.15, 0.2) is 90.0 Å². The fraction of sp³-hybridized carbons (Fsp3) is 0.324. The Morgan fingerprint density at radius 2 is 1.76 bits per heavy atom. The lowest BCUT2D eigenvalue weighted by Gasteiger charge is -2.29. The van der Waals surface area contributed by atoms with E-state index in [4.69, 9.17) is 4.74 Å². The van der Waals surface area contributed by atoms with Crippen LogP contribution in [0.3, 0.4) is 0 Å². The van der Waals surface area contributed by atoms with Gasteiger partial charge >= 0.3 is 0 Å². The van der Waals surface area contributed by atoms with Gasteiger partial charge in [-0.3, -0.25) is 14.6 Å². The van der Waals surface area contributed by atoms with Crippen molar-refractivity contribution in [3.8, 4) is 5.75 Å². The summed E-state index contributed by atoms with van der Waals surface area (Å²) in [5.74, 6) is -0.373. The van der Waals surface area contributed by atoms with Gasteiger partial charge in [-0.15, -0.1) is 0 Å². The molecule has 5 rings (SSSR count). The van der Waals surface area contributed by atoms with Crippen molar-refractivity contribution in [2.24, 2.45) is 0 Å². The van der Waals surface area contributed by atoms with Crippen LogP contribution < -0.4 is 9.46 Å². The van der Waals surface area contributed by atoms with Gasteiger partial charge in [-0.05, 0) is 76.9 Å². The van der Waals surface area contributed by atoms with E-state index in [1.807, 2.05) is 24.3 Å². The van der Waals surface area contributed by atoms with Gasteiger partial charge in [0.15, 0.2) is 5.82 Å². The summed E-state index contributed by atoms with van der Waals surface area (Å²) in [5, 5.41) is 0. The molecule has 1 aliphatic heterocycles. The standard InChI is InChI=1S/C34H38FN3O3S/c1-34(2,3)28-10-7-25(8-11-28)15-19-38-20-16-26-22-31(13-9-27(26)24-38)42(39,40)37-33-14-12-30(23-32(33)35)41-21-17-29-6-4-5-18-36-29/h4-14,18,22-23,37H,15-17,19-21,24H2,1-3H3. The molecule has 42 heavy (non-hydrogen) atoms. The van der Waals surface area contributed by atoms with E-state index < -0.39 is 15.8 Å². The van der Waals surface area contributed by atoms with Gasteiger partial charge in [0.2, 0.25) is 0 Å². The van der Waals surface area contributed by atoms with Crippen molar-refractivity contribution in [3.63, 3.8) is 0 Å². The SMILES string of the molecule is CC(C)(C)c1ccc(CCN2CCc3cc(S(=O)(=O)Nc4ccc(OCCc5ccccn5)cc4F)ccc3C2)cc1. The summed E-state index contributed by atoms with van der Waals surface area (Å²) in [5.41, 5.74) is 5.69. The molecule has 4 aromatic rings. The van der Waals surface area contributed by atoms with Gasteiger partial charge in [-0.2, -0.15) is 0 Å². The zero-order valence-corrected chi connectivity index (χ0v) is 25.3. The molecule has 1 aromatic heterocycles. The largest absolute Gasteiger partial charge is 0.493 e. The number of pyridine rings is 1. The Hall–Kier alpha value is -3.75. The molecule has 0 bridgehead atoms. The molecular weight excluding hydrogens is 549 g/mol. The summed E-state index contributed by atoms with van der Waals surface area (Å²) >= 11 is 0. The van der Waals surface area contributed by atoms with Crippen LogP contribution in [0.1, 0.15) is 48.7 Å². The van der Waals surface area contributed by atoms with Gasteiger partial charge in [-0.1, -0.05) is 57.2 Å². The maximum atomic E-state index is 14.8. The quantitative estimate of drug-likeness (QED) is 0.228. The van der Waals surface area contributed by atoms with E-state index in [0.717, 1.165) is 49.3 Å². The third-order valence-electron chi connectivity index (χ3n) is 7.65. The molecule has 0 fully saturated rings. The molecule has 6 nitrogen and oxygen atoms in total. The number of halogens is 1. The average molecular weight is 588 g/mol. The number of nitrogens with one attached hydrogen (secondary N) is 1. The molecule has 8 heteroatoms. The van der Waals surface area contributed by atoms with Crippen molar-refractivity contribution in [3.05, 3.63) is 119 Å². The summed E-state index contributed by atoms with van der Waals surface area (Å²) < 4.78 is 49.1. The van der Waals surface area contributed by atoms with Crippen LogP contribution in [0.25, 0.3) is 0 Å². The number of ether oxygens (including phenoxy) is 1. The van der Waals surface area contributed by atoms with Gasteiger partial charge in [0, 0.05) is 44.0 Å². The van der Waals surface area contributed by atoms with Gasteiger partial charge in [0.25, 0.3) is 10.0 Å². The van der Waals surface area contributed by atoms with Crippen molar-refractivity contribution in [1.29, 1.82) is 0 Å². The number of sulfonamides is 1. The van der Waals surface area contributed by atoms with E-state index in [9.17, 15) is 12.8 Å². The minimum atomic E-state index is -3.96. The summed E-state index contributed by atoms with van der Waals surface area (Å²) in [6.07, 6.45) is 4.02. The topological polar surface area (TPSA) is 71.5 Å². The monoisotopic (exact) mass is 587 g/mol. The Morgan fingerprint density at radius 1 is 0.952 bits per heavy atom. The Balaban J connectivity index is 1.16. The van der Waals surface area contributed by atoms with E-state index in [1.165, 1.54) is 23.3 Å². The fourth-order valence-corrected chi connectivity index (χ4v) is 6.21. The second-order valence-corrected chi connectivity index (χ2v) is 13.5. The number of anilines is 1. The van der Waals surface area contributed by atoms with Gasteiger partial charge in [0.1, 0.15) is 5.75 Å². The van der Waals surface area contributed by atoms with Crippen LogP contribution >= 0.6 is 0 Å². The molecule has 0 saturated carbocycles. The first kappa shape index (κ1) is 29.7. The summed E-state index contributed by atoms with van der Waals surface area (Å²) in [6, 6.07) is 23.8. The normalized spacial score (nSPS) is 13.9. The van der Waals surface area contributed by atoms with E-state index in [2.05, 4.69) is 59.6 Å². The first-order chi connectivity index (χ1) is 20.1. The van der Waals surface area contributed by atoms with E-state index in [-0.39, 0.29) is 16.0 Å². The molecule has 1 aliphatic rings. The maximum absolute atomic E-state index is 14.8. The number of hydrogen-bond acceptors (Lipinski definition) is 5. The molecule has 0 saturated heterocycles. The van der Waals surface area contributed by atoms with Crippen LogP contribution in [0.2, 0.25) is 0 Å². The fourth-order valence-electron chi connectivity index (χ4n) is 5.10. The van der Waals surface area contributed by atoms with Gasteiger partial charge < -0.3 is 4.74 Å². The lowest BCUT2D eigenvalue weighted by molar-refractivity contribution is 0.257. The molecule has 2 heterocycles. The summed E-state index contributed by atoms with van der Waals surface area (Å²) in [7, 11) is -3.96. The molecule has 220 valence electrons. The van der Waals surface area contributed by atoms with Crippen LogP contribution in [0, 0.1) is 5.82 Å². The number of fused-ring (bicyclic) bond motifs is 1. The number of rotatable bonds is 10. The van der Waals surface area contributed by atoms with Crippen molar-refractivity contribution in [2.45, 2.75) is 56.9 Å². The van der Waals surface area contributed by atoms with Crippen LogP contribution in [-0.2, 0) is 41.2 Å². The molecule has 0 atom stereocenters. The lowest BCUT2D eigenvalue weighted by Crippen LogP contribution is -2.32. The van der Waals surface area contributed by atoms with Gasteiger partial charge in [-0.25, -0.2) is 12.8 Å². The molecule has 1 N–H and O–H groups in total. The molecule has 0 aliphatic carbocycles. The minimum absolute atomic E-state index is 0.119. The highest BCUT2D eigenvalue weighted by Crippen LogP contribution is 2.27. The minimum Gasteiger partial charge on any atom is -0.493 e. The van der Waals surface area contributed by atoms with E-state index in [1.54, 1.807) is 24.4 Å². The smallest absolute Gasteiger partial charge is 0.261 e. The van der Waals surface area contributed by atoms with Gasteiger partial charge in [0.05, 0.1) is 17.2 Å². The van der Waals surface area contributed by atoms with Crippen LogP contribution in [-0.4, -0.2) is 38.0 Å². The van der Waals surface area contributed by atoms with E-state index >= 15 is 0 Å². The Bertz CT molecular complexity index is 1620. The summed E-state index contributed by atoms with van der Waals surface area (Å²) in [6.45, 7) is 9.57. The van der Waals surface area contributed by atoms with Crippen LogP contribution in [0.5, 0.6) is 5.75 Å². The van der Waals surface area contributed by atoms with Crippen LogP contribution in [0.4, 0.5) is 10.1 Å². The first-order valence-electron chi connectivity index (χ1n) is 14.4. The zero-order valence-electron chi connectivity index (χ0n) is 24.4. The highest BCUT2D eigenvalue weighted by molar-refractivity contribution is 7.92. The molecule has 0 radical (unpaired) electrons. The first-order valence-corrected chi connectivity index (χ1v) is 15.8. The second kappa shape index (κ2) is 12.6. The number of nitrogens with zero attached hydrogens (tertiary/aromatic N) is 2. The Labute approximate surface area is 248 Å². The Morgan fingerprint density at radius 3 is 2.48 bits per heavy atom. The lowest BCUT2D eigenvalue weighted by atomic mass is 9.86. The number of hydrogen-bond donors (Lipinski definition) is 1. The van der Waals surface area contributed by atoms with E-state index in [0.29, 0.717) is 18.8 Å². The third kappa shape index (κ3) is 7.55. The number of aromatic nitrogens is 1. The van der Waals surface area contributed by atoms with Crippen molar-refractivity contribution in [1.82, 2.24) is 9.88 Å². The molecule has 0 unspecified atom stereocenters. The maximum Gasteiger partial charge on any atom is 0.261 e. The predicted molar refractivity (Wildman–Crippen MR) is 165 cm³/mol. The summed E-state index contributed by atoms with van der Waals surface area (Å²) in [4.78, 5) is 6.77. The zero-order chi connectivity index (χ0) is 29.7. The predicted octanol–water partition coefficient (Wildman–Crippen LogP) is 6.54. The van der Waals surface area contributed by atoms with Crippen molar-refractivity contribution >= 4 is 15.7 Å². The third-order valence-corrected chi connectivity index (χ3v) is 9.02. The molecule has 0 amide bonds. The highest BCUT2D eigenvalue weighted by Gasteiger charge is 2.22. The Kier molecular flexibility index (Phi) is 8.94.